The van der Waals surface area contributed by atoms with Gasteiger partial charge >= 0.3 is 12.1 Å². The zero-order valence-electron chi connectivity index (χ0n) is 14.8. The van der Waals surface area contributed by atoms with Crippen molar-refractivity contribution in [2.45, 2.75) is 38.4 Å². The first-order valence-electron chi connectivity index (χ1n) is 8.48. The molecule has 3 rings (SSSR count). The fraction of sp³-hybridized carbons (Fsp3) is 0.389. The van der Waals surface area contributed by atoms with E-state index in [-0.39, 0.29) is 17.8 Å². The largest absolute Gasteiger partial charge is 0.481 e. The van der Waals surface area contributed by atoms with Crippen LogP contribution in [-0.2, 0) is 11.0 Å². The van der Waals surface area contributed by atoms with E-state index >= 15 is 0 Å². The van der Waals surface area contributed by atoms with E-state index in [0.717, 1.165) is 12.5 Å². The highest BCUT2D eigenvalue weighted by Crippen LogP contribution is 2.33. The molecular weight excluding hydrogens is 361 g/mol. The third-order valence-electron chi connectivity index (χ3n) is 4.64. The lowest BCUT2D eigenvalue weighted by Crippen LogP contribution is -2.46. The van der Waals surface area contributed by atoms with E-state index in [2.05, 4.69) is 15.3 Å². The highest BCUT2D eigenvalue weighted by Gasteiger charge is 2.35. The number of anilines is 3. The number of carboxylic acids is 1. The number of carboxylic acid groups (broad SMARTS) is 1. The SMILES string of the molecule is CC(C(=O)O)c1ccc(Nc2cc(C(F)(F)F)nc(N3CC[C@@H]3C)n2)cc1. The zero-order valence-corrected chi connectivity index (χ0v) is 14.8. The van der Waals surface area contributed by atoms with Gasteiger partial charge in [0.1, 0.15) is 5.82 Å². The summed E-state index contributed by atoms with van der Waals surface area (Å²) in [5, 5.41) is 11.9. The summed E-state index contributed by atoms with van der Waals surface area (Å²) >= 11 is 0. The summed E-state index contributed by atoms with van der Waals surface area (Å²) in [4.78, 5) is 20.6. The number of halogens is 3. The van der Waals surface area contributed by atoms with Crippen molar-refractivity contribution in [3.63, 3.8) is 0 Å². The molecule has 1 unspecified atom stereocenters. The lowest BCUT2D eigenvalue weighted by Gasteiger charge is -2.38. The number of hydrogen-bond donors (Lipinski definition) is 2. The third-order valence-corrected chi connectivity index (χ3v) is 4.64. The van der Waals surface area contributed by atoms with Gasteiger partial charge in [-0.15, -0.1) is 0 Å². The van der Waals surface area contributed by atoms with Crippen LogP contribution >= 0.6 is 0 Å². The van der Waals surface area contributed by atoms with Gasteiger partial charge < -0.3 is 15.3 Å². The Balaban J connectivity index is 1.87. The minimum Gasteiger partial charge on any atom is -0.481 e. The Morgan fingerprint density at radius 2 is 1.96 bits per heavy atom. The molecule has 0 radical (unpaired) electrons. The topological polar surface area (TPSA) is 78.3 Å². The van der Waals surface area contributed by atoms with E-state index < -0.39 is 23.8 Å². The van der Waals surface area contributed by atoms with Gasteiger partial charge in [-0.05, 0) is 38.0 Å². The van der Waals surface area contributed by atoms with Crippen molar-refractivity contribution in [1.82, 2.24) is 9.97 Å². The summed E-state index contributed by atoms with van der Waals surface area (Å²) < 4.78 is 39.6. The highest BCUT2D eigenvalue weighted by molar-refractivity contribution is 5.75. The maximum absolute atomic E-state index is 13.2. The summed E-state index contributed by atoms with van der Waals surface area (Å²) in [5.41, 5.74) is 0.0952. The molecule has 27 heavy (non-hydrogen) atoms. The first kappa shape index (κ1) is 18.9. The van der Waals surface area contributed by atoms with Crippen molar-refractivity contribution in [2.24, 2.45) is 0 Å². The molecule has 0 saturated carbocycles. The van der Waals surface area contributed by atoms with Gasteiger partial charge in [-0.3, -0.25) is 4.79 Å². The van der Waals surface area contributed by atoms with E-state index in [9.17, 15) is 18.0 Å². The molecule has 0 bridgehead atoms. The molecule has 2 N–H and O–H groups in total. The number of carbonyl (C=O) groups is 1. The number of alkyl halides is 3. The Kier molecular flexibility index (Phi) is 4.95. The standard InChI is InChI=1S/C18H19F3N4O2/c1-10-7-8-25(10)17-23-14(18(19,20)21)9-15(24-17)22-13-5-3-12(4-6-13)11(2)16(26)27/h3-6,9-11H,7-8H2,1-2H3,(H,26,27)(H,22,23,24)/t10-,11?/m0/s1. The summed E-state index contributed by atoms with van der Waals surface area (Å²) in [7, 11) is 0. The second-order valence-electron chi connectivity index (χ2n) is 6.57. The lowest BCUT2D eigenvalue weighted by atomic mass is 10.0. The third kappa shape index (κ3) is 4.12. The Labute approximate surface area is 154 Å². The van der Waals surface area contributed by atoms with Gasteiger partial charge in [0.15, 0.2) is 5.69 Å². The number of aliphatic carboxylic acids is 1. The van der Waals surface area contributed by atoms with Crippen molar-refractivity contribution >= 4 is 23.4 Å². The van der Waals surface area contributed by atoms with Gasteiger partial charge in [-0.25, -0.2) is 4.98 Å². The van der Waals surface area contributed by atoms with Gasteiger partial charge in [0.05, 0.1) is 5.92 Å². The van der Waals surface area contributed by atoms with E-state index in [0.29, 0.717) is 17.8 Å². The molecule has 0 spiro atoms. The van der Waals surface area contributed by atoms with Crippen LogP contribution in [0.15, 0.2) is 30.3 Å². The summed E-state index contributed by atoms with van der Waals surface area (Å²) in [6, 6.07) is 7.41. The van der Waals surface area contributed by atoms with Crippen LogP contribution in [0.3, 0.4) is 0 Å². The number of hydrogen-bond acceptors (Lipinski definition) is 5. The normalized spacial score (nSPS) is 18.0. The molecule has 6 nitrogen and oxygen atoms in total. The predicted octanol–water partition coefficient (Wildman–Crippen LogP) is 4.03. The van der Waals surface area contributed by atoms with Crippen LogP contribution in [0.5, 0.6) is 0 Å². The zero-order chi connectivity index (χ0) is 19.8. The van der Waals surface area contributed by atoms with Crippen LogP contribution in [0.4, 0.5) is 30.6 Å². The first-order chi connectivity index (χ1) is 12.6. The van der Waals surface area contributed by atoms with Crippen LogP contribution in [0.1, 0.15) is 37.4 Å². The number of nitrogens with zero attached hydrogens (tertiary/aromatic N) is 3. The fourth-order valence-electron chi connectivity index (χ4n) is 2.73. The average Bonchev–Trinajstić information content (AvgIpc) is 2.59. The molecule has 0 aliphatic carbocycles. The molecule has 1 saturated heterocycles. The minimum absolute atomic E-state index is 0.0328. The lowest BCUT2D eigenvalue weighted by molar-refractivity contribution is -0.141. The molecular formula is C18H19F3N4O2. The van der Waals surface area contributed by atoms with Crippen LogP contribution in [0.2, 0.25) is 0 Å². The van der Waals surface area contributed by atoms with Gasteiger partial charge in [0.25, 0.3) is 0 Å². The van der Waals surface area contributed by atoms with E-state index in [4.69, 9.17) is 5.11 Å². The maximum atomic E-state index is 13.2. The number of nitrogens with one attached hydrogen (secondary N) is 1. The van der Waals surface area contributed by atoms with Crippen LogP contribution < -0.4 is 10.2 Å². The van der Waals surface area contributed by atoms with Gasteiger partial charge in [0.2, 0.25) is 5.95 Å². The predicted molar refractivity (Wildman–Crippen MR) is 94.2 cm³/mol. The van der Waals surface area contributed by atoms with Crippen LogP contribution in [0.25, 0.3) is 0 Å². The second kappa shape index (κ2) is 7.05. The quantitative estimate of drug-likeness (QED) is 0.816. The Morgan fingerprint density at radius 3 is 2.44 bits per heavy atom. The molecule has 144 valence electrons. The van der Waals surface area contributed by atoms with E-state index in [1.165, 1.54) is 0 Å². The molecule has 1 aliphatic rings. The summed E-state index contributed by atoms with van der Waals surface area (Å²) in [5.74, 6) is -1.54. The average molecular weight is 380 g/mol. The smallest absolute Gasteiger partial charge is 0.433 e. The van der Waals surface area contributed by atoms with Crippen molar-refractivity contribution in [2.75, 3.05) is 16.8 Å². The van der Waals surface area contributed by atoms with E-state index in [1.54, 1.807) is 36.1 Å². The van der Waals surface area contributed by atoms with Crippen LogP contribution in [0, 0.1) is 0 Å². The van der Waals surface area contributed by atoms with Gasteiger partial charge in [-0.1, -0.05) is 12.1 Å². The number of aromatic nitrogens is 2. The van der Waals surface area contributed by atoms with Crippen molar-refractivity contribution in [3.8, 4) is 0 Å². The maximum Gasteiger partial charge on any atom is 0.433 e. The monoisotopic (exact) mass is 380 g/mol. The molecule has 1 aromatic heterocycles. The Bertz CT molecular complexity index is 839. The molecule has 1 fully saturated rings. The van der Waals surface area contributed by atoms with E-state index in [1.807, 2.05) is 6.92 Å². The molecule has 9 heteroatoms. The molecule has 0 amide bonds. The second-order valence-corrected chi connectivity index (χ2v) is 6.57. The Hall–Kier alpha value is -2.84. The number of benzene rings is 1. The molecule has 1 aromatic carbocycles. The van der Waals surface area contributed by atoms with Crippen molar-refractivity contribution in [1.29, 1.82) is 0 Å². The molecule has 2 atom stereocenters. The van der Waals surface area contributed by atoms with Crippen molar-refractivity contribution < 1.29 is 23.1 Å². The van der Waals surface area contributed by atoms with Crippen LogP contribution in [-0.4, -0.2) is 33.6 Å². The molecule has 2 aromatic rings. The minimum atomic E-state index is -4.58. The van der Waals surface area contributed by atoms with Gasteiger partial charge in [-0.2, -0.15) is 18.2 Å². The summed E-state index contributed by atoms with van der Waals surface area (Å²) in [6.07, 6.45) is -3.70. The first-order valence-corrected chi connectivity index (χ1v) is 8.48. The highest BCUT2D eigenvalue weighted by atomic mass is 19.4. The van der Waals surface area contributed by atoms with Crippen molar-refractivity contribution in [3.05, 3.63) is 41.6 Å². The molecule has 2 heterocycles. The fourth-order valence-corrected chi connectivity index (χ4v) is 2.73. The summed E-state index contributed by atoms with van der Waals surface area (Å²) in [6.45, 7) is 4.08. The molecule has 1 aliphatic heterocycles. The van der Waals surface area contributed by atoms with Gasteiger partial charge in [0, 0.05) is 24.3 Å². The Morgan fingerprint density at radius 1 is 1.30 bits per heavy atom. The number of rotatable bonds is 5.